The zero-order valence-corrected chi connectivity index (χ0v) is 9.74. The van der Waals surface area contributed by atoms with E-state index in [1.807, 2.05) is 0 Å². The van der Waals surface area contributed by atoms with Gasteiger partial charge in [0.1, 0.15) is 5.82 Å². The highest BCUT2D eigenvalue weighted by Crippen LogP contribution is 2.19. The molecule has 1 aromatic carbocycles. The highest BCUT2D eigenvalue weighted by atomic mass is 19.1. The van der Waals surface area contributed by atoms with Crippen LogP contribution in [0.4, 0.5) is 10.1 Å². The highest BCUT2D eigenvalue weighted by Gasteiger charge is 2.13. The molecular formula is C13H12FNO3. The van der Waals surface area contributed by atoms with E-state index in [9.17, 15) is 9.18 Å². The van der Waals surface area contributed by atoms with E-state index in [4.69, 9.17) is 9.52 Å². The first kappa shape index (κ1) is 12.2. The molecule has 0 aliphatic rings. The SMILES string of the molecule is Cc1c(F)cccc1NCc1ccoc1C(=O)O. The Hall–Kier alpha value is -2.30. The second kappa shape index (κ2) is 4.91. The number of carboxylic acid groups (broad SMARTS) is 1. The van der Waals surface area contributed by atoms with Gasteiger partial charge in [0, 0.05) is 23.4 Å². The zero-order valence-electron chi connectivity index (χ0n) is 9.74. The number of benzene rings is 1. The molecule has 2 N–H and O–H groups in total. The molecule has 0 saturated heterocycles. The Balaban J connectivity index is 2.14. The number of anilines is 1. The second-order valence-corrected chi connectivity index (χ2v) is 3.85. The third-order valence-electron chi connectivity index (χ3n) is 2.68. The zero-order chi connectivity index (χ0) is 13.1. The van der Waals surface area contributed by atoms with Gasteiger partial charge in [-0.1, -0.05) is 6.07 Å². The third kappa shape index (κ3) is 2.34. The molecule has 0 spiro atoms. The van der Waals surface area contributed by atoms with E-state index < -0.39 is 5.97 Å². The monoisotopic (exact) mass is 249 g/mol. The normalized spacial score (nSPS) is 10.3. The smallest absolute Gasteiger partial charge is 0.372 e. The van der Waals surface area contributed by atoms with Crippen molar-refractivity contribution in [2.24, 2.45) is 0 Å². The average molecular weight is 249 g/mol. The number of carboxylic acids is 1. The van der Waals surface area contributed by atoms with Gasteiger partial charge in [0.25, 0.3) is 0 Å². The van der Waals surface area contributed by atoms with Gasteiger partial charge in [-0.3, -0.25) is 0 Å². The van der Waals surface area contributed by atoms with E-state index in [1.165, 1.54) is 12.3 Å². The highest BCUT2D eigenvalue weighted by molar-refractivity contribution is 5.86. The van der Waals surface area contributed by atoms with Crippen molar-refractivity contribution in [1.29, 1.82) is 0 Å². The maximum atomic E-state index is 13.3. The van der Waals surface area contributed by atoms with Crippen LogP contribution in [-0.2, 0) is 6.54 Å². The number of hydrogen-bond acceptors (Lipinski definition) is 3. The lowest BCUT2D eigenvalue weighted by Crippen LogP contribution is -2.05. The van der Waals surface area contributed by atoms with Crippen molar-refractivity contribution in [3.8, 4) is 0 Å². The summed E-state index contributed by atoms with van der Waals surface area (Å²) in [6.45, 7) is 1.92. The van der Waals surface area contributed by atoms with Crippen molar-refractivity contribution in [1.82, 2.24) is 0 Å². The largest absolute Gasteiger partial charge is 0.475 e. The van der Waals surface area contributed by atoms with Crippen molar-refractivity contribution in [2.45, 2.75) is 13.5 Å². The van der Waals surface area contributed by atoms with E-state index >= 15 is 0 Å². The minimum absolute atomic E-state index is 0.100. The molecule has 0 unspecified atom stereocenters. The van der Waals surface area contributed by atoms with Crippen LogP contribution >= 0.6 is 0 Å². The molecule has 0 radical (unpaired) electrons. The van der Waals surface area contributed by atoms with Gasteiger partial charge in [-0.2, -0.15) is 0 Å². The molecule has 1 heterocycles. The Morgan fingerprint density at radius 2 is 2.22 bits per heavy atom. The van der Waals surface area contributed by atoms with Crippen molar-refractivity contribution >= 4 is 11.7 Å². The predicted octanol–water partition coefficient (Wildman–Crippen LogP) is 3.04. The molecule has 18 heavy (non-hydrogen) atoms. The van der Waals surface area contributed by atoms with Crippen LogP contribution in [0.3, 0.4) is 0 Å². The molecule has 0 fully saturated rings. The molecular weight excluding hydrogens is 237 g/mol. The molecule has 0 saturated carbocycles. The summed E-state index contributed by atoms with van der Waals surface area (Å²) < 4.78 is 18.2. The fourth-order valence-electron chi connectivity index (χ4n) is 1.65. The summed E-state index contributed by atoms with van der Waals surface area (Å²) in [5.41, 5.74) is 1.65. The number of carbonyl (C=O) groups is 1. The van der Waals surface area contributed by atoms with Crippen LogP contribution in [0.15, 0.2) is 34.9 Å². The molecule has 5 heteroatoms. The Morgan fingerprint density at radius 3 is 2.94 bits per heavy atom. The Bertz CT molecular complexity index is 577. The summed E-state index contributed by atoms with van der Waals surface area (Å²) in [6.07, 6.45) is 1.32. The standard InChI is InChI=1S/C13H12FNO3/c1-8-10(14)3-2-4-11(8)15-7-9-5-6-18-12(9)13(16)17/h2-6,15H,7H2,1H3,(H,16,17). The fourth-order valence-corrected chi connectivity index (χ4v) is 1.65. The van der Waals surface area contributed by atoms with Gasteiger partial charge >= 0.3 is 5.97 Å². The molecule has 0 aliphatic carbocycles. The number of halogens is 1. The summed E-state index contributed by atoms with van der Waals surface area (Å²) in [4.78, 5) is 10.8. The lowest BCUT2D eigenvalue weighted by Gasteiger charge is -2.09. The van der Waals surface area contributed by atoms with Crippen LogP contribution in [0.1, 0.15) is 21.7 Å². The van der Waals surface area contributed by atoms with Crippen molar-refractivity contribution in [2.75, 3.05) is 5.32 Å². The van der Waals surface area contributed by atoms with E-state index in [2.05, 4.69) is 5.32 Å². The molecule has 0 bridgehead atoms. The summed E-state index contributed by atoms with van der Waals surface area (Å²) >= 11 is 0. The Morgan fingerprint density at radius 1 is 1.44 bits per heavy atom. The van der Waals surface area contributed by atoms with Crippen LogP contribution in [0.25, 0.3) is 0 Å². The first-order valence-corrected chi connectivity index (χ1v) is 5.38. The molecule has 2 rings (SSSR count). The summed E-state index contributed by atoms with van der Waals surface area (Å²) in [6, 6.07) is 6.28. The molecule has 0 amide bonds. The second-order valence-electron chi connectivity index (χ2n) is 3.85. The molecule has 0 aliphatic heterocycles. The van der Waals surface area contributed by atoms with Crippen LogP contribution in [0, 0.1) is 12.7 Å². The van der Waals surface area contributed by atoms with Crippen LogP contribution in [0.2, 0.25) is 0 Å². The molecule has 4 nitrogen and oxygen atoms in total. The van der Waals surface area contributed by atoms with Crippen LogP contribution in [0.5, 0.6) is 0 Å². The van der Waals surface area contributed by atoms with Gasteiger partial charge in [0.05, 0.1) is 6.26 Å². The Labute approximate surface area is 103 Å². The summed E-state index contributed by atoms with van der Waals surface area (Å²) in [7, 11) is 0. The molecule has 2 aromatic rings. The lowest BCUT2D eigenvalue weighted by molar-refractivity contribution is 0.0661. The van der Waals surface area contributed by atoms with Gasteiger partial charge in [0.2, 0.25) is 5.76 Å². The van der Waals surface area contributed by atoms with Gasteiger partial charge in [0.15, 0.2) is 0 Å². The van der Waals surface area contributed by atoms with Gasteiger partial charge in [-0.25, -0.2) is 9.18 Å². The van der Waals surface area contributed by atoms with Crippen molar-refractivity contribution in [3.63, 3.8) is 0 Å². The van der Waals surface area contributed by atoms with E-state index in [-0.39, 0.29) is 18.1 Å². The van der Waals surface area contributed by atoms with Crippen LogP contribution < -0.4 is 5.32 Å². The van der Waals surface area contributed by atoms with E-state index in [1.54, 1.807) is 25.1 Å². The molecule has 94 valence electrons. The quantitative estimate of drug-likeness (QED) is 0.874. The summed E-state index contributed by atoms with van der Waals surface area (Å²) in [5.74, 6) is -1.52. The third-order valence-corrected chi connectivity index (χ3v) is 2.68. The minimum atomic E-state index is -1.12. The first-order chi connectivity index (χ1) is 8.59. The number of aromatic carboxylic acids is 1. The molecule has 1 aromatic heterocycles. The predicted molar refractivity (Wildman–Crippen MR) is 64.1 cm³/mol. The summed E-state index contributed by atoms with van der Waals surface area (Å²) in [5, 5.41) is 11.9. The number of furan rings is 1. The van der Waals surface area contributed by atoms with E-state index in [0.29, 0.717) is 16.8 Å². The Kier molecular flexibility index (Phi) is 3.32. The van der Waals surface area contributed by atoms with Crippen molar-refractivity contribution < 1.29 is 18.7 Å². The van der Waals surface area contributed by atoms with Crippen LogP contribution in [-0.4, -0.2) is 11.1 Å². The number of hydrogen-bond donors (Lipinski definition) is 2. The maximum absolute atomic E-state index is 13.3. The number of nitrogens with one attached hydrogen (secondary N) is 1. The van der Waals surface area contributed by atoms with Gasteiger partial charge < -0.3 is 14.8 Å². The van der Waals surface area contributed by atoms with Crippen molar-refractivity contribution in [3.05, 3.63) is 53.2 Å². The van der Waals surface area contributed by atoms with Gasteiger partial charge in [-0.15, -0.1) is 0 Å². The van der Waals surface area contributed by atoms with E-state index in [0.717, 1.165) is 0 Å². The first-order valence-electron chi connectivity index (χ1n) is 5.38. The molecule has 0 atom stereocenters. The topological polar surface area (TPSA) is 62.5 Å². The van der Waals surface area contributed by atoms with Gasteiger partial charge in [-0.05, 0) is 25.1 Å². The fraction of sp³-hybridized carbons (Fsp3) is 0.154. The number of rotatable bonds is 4. The average Bonchev–Trinajstić information content (AvgIpc) is 2.79. The maximum Gasteiger partial charge on any atom is 0.372 e. The lowest BCUT2D eigenvalue weighted by atomic mass is 10.1. The minimum Gasteiger partial charge on any atom is -0.475 e.